The van der Waals surface area contributed by atoms with Crippen LogP contribution in [-0.2, 0) is 4.43 Å². The Bertz CT molecular complexity index is 332. The lowest BCUT2D eigenvalue weighted by atomic mass is 9.87. The predicted octanol–water partition coefficient (Wildman–Crippen LogP) is 6.33. The molecule has 24 heavy (non-hydrogen) atoms. The van der Waals surface area contributed by atoms with Crippen LogP contribution in [0.3, 0.4) is 0 Å². The molecule has 1 aliphatic carbocycles. The molecule has 2 unspecified atom stereocenters. The lowest BCUT2D eigenvalue weighted by molar-refractivity contribution is 0.156. The van der Waals surface area contributed by atoms with Gasteiger partial charge in [0.25, 0.3) is 0 Å². The molecular weight excluding hydrogens is 310 g/mol. The Morgan fingerprint density at radius 3 is 1.88 bits per heavy atom. The van der Waals surface area contributed by atoms with Crippen LogP contribution in [0.4, 0.5) is 0 Å². The van der Waals surface area contributed by atoms with E-state index < -0.39 is 8.32 Å². The van der Waals surface area contributed by atoms with Crippen molar-refractivity contribution in [3.63, 3.8) is 0 Å². The lowest BCUT2D eigenvalue weighted by Gasteiger charge is -2.42. The van der Waals surface area contributed by atoms with E-state index in [0.29, 0.717) is 16.6 Å². The average Bonchev–Trinajstić information content (AvgIpc) is 2.87. The number of hydrogen-bond acceptors (Lipinski definition) is 2. The van der Waals surface area contributed by atoms with Gasteiger partial charge in [-0.3, -0.25) is 0 Å². The molecule has 0 radical (unpaired) electrons. The smallest absolute Gasteiger partial charge is 0.200 e. The Morgan fingerprint density at radius 1 is 0.958 bits per heavy atom. The fraction of sp³-hybridized carbons (Fsp3) is 1.00. The average molecular weight is 356 g/mol. The van der Waals surface area contributed by atoms with E-state index in [1.54, 1.807) is 0 Å². The molecule has 1 aliphatic rings. The SMILES string of the molecule is CC1CCCC1[C@@H](CCCO[Si](C(C)C)(C(C)C)C(C)C)N(C)C. The number of rotatable bonds is 10. The van der Waals surface area contributed by atoms with Gasteiger partial charge in [0.05, 0.1) is 0 Å². The van der Waals surface area contributed by atoms with Crippen LogP contribution in [0.5, 0.6) is 0 Å². The molecule has 3 atom stereocenters. The largest absolute Gasteiger partial charge is 0.416 e. The van der Waals surface area contributed by atoms with Crippen molar-refractivity contribution in [2.75, 3.05) is 20.7 Å². The molecule has 0 aromatic carbocycles. The van der Waals surface area contributed by atoms with Crippen molar-refractivity contribution in [1.29, 1.82) is 0 Å². The topological polar surface area (TPSA) is 12.5 Å². The number of nitrogens with zero attached hydrogens (tertiary/aromatic N) is 1. The van der Waals surface area contributed by atoms with E-state index in [1.807, 2.05) is 0 Å². The molecule has 3 heteroatoms. The zero-order valence-electron chi connectivity index (χ0n) is 18.1. The monoisotopic (exact) mass is 355 g/mol. The van der Waals surface area contributed by atoms with Crippen LogP contribution in [0.2, 0.25) is 16.6 Å². The van der Waals surface area contributed by atoms with E-state index in [2.05, 4.69) is 67.5 Å². The van der Waals surface area contributed by atoms with Gasteiger partial charge in [-0.15, -0.1) is 0 Å². The first-order valence-electron chi connectivity index (χ1n) is 10.4. The first-order valence-corrected chi connectivity index (χ1v) is 12.6. The Kier molecular flexibility index (Phi) is 8.99. The van der Waals surface area contributed by atoms with Gasteiger partial charge in [-0.2, -0.15) is 0 Å². The van der Waals surface area contributed by atoms with E-state index in [1.165, 1.54) is 32.1 Å². The van der Waals surface area contributed by atoms with Crippen LogP contribution in [0.25, 0.3) is 0 Å². The van der Waals surface area contributed by atoms with Gasteiger partial charge in [0.15, 0.2) is 8.32 Å². The molecule has 1 rings (SSSR count). The van der Waals surface area contributed by atoms with Crippen molar-refractivity contribution < 1.29 is 4.43 Å². The maximum Gasteiger partial charge on any atom is 0.200 e. The zero-order valence-corrected chi connectivity index (χ0v) is 19.1. The molecular formula is C21H45NOSi. The summed E-state index contributed by atoms with van der Waals surface area (Å²) in [5.41, 5.74) is 2.07. The summed E-state index contributed by atoms with van der Waals surface area (Å²) >= 11 is 0. The summed E-state index contributed by atoms with van der Waals surface area (Å²) in [4.78, 5) is 2.48. The van der Waals surface area contributed by atoms with E-state index in [9.17, 15) is 0 Å². The van der Waals surface area contributed by atoms with Crippen molar-refractivity contribution in [3.8, 4) is 0 Å². The van der Waals surface area contributed by atoms with Crippen LogP contribution < -0.4 is 0 Å². The third kappa shape index (κ3) is 5.08. The molecule has 0 N–H and O–H groups in total. The molecule has 0 spiro atoms. The molecule has 1 fully saturated rings. The highest BCUT2D eigenvalue weighted by Gasteiger charge is 2.44. The molecule has 0 aliphatic heterocycles. The van der Waals surface area contributed by atoms with Crippen LogP contribution >= 0.6 is 0 Å². The standard InChI is InChI=1S/C21H45NOSi/c1-16(2)24(17(3)4,18(5)6)23-15-11-14-21(22(8)9)20-13-10-12-19(20)7/h16-21H,10-15H2,1-9H3/t19?,20?,21-/m1/s1. The van der Waals surface area contributed by atoms with Gasteiger partial charge in [-0.05, 0) is 61.8 Å². The van der Waals surface area contributed by atoms with E-state index >= 15 is 0 Å². The van der Waals surface area contributed by atoms with Crippen LogP contribution in [-0.4, -0.2) is 40.0 Å². The molecule has 0 aromatic rings. The summed E-state index contributed by atoms with van der Waals surface area (Å²) < 4.78 is 6.75. The van der Waals surface area contributed by atoms with Gasteiger partial charge in [0.2, 0.25) is 0 Å². The molecule has 0 bridgehead atoms. The van der Waals surface area contributed by atoms with E-state index in [4.69, 9.17) is 4.43 Å². The Balaban J connectivity index is 2.60. The predicted molar refractivity (Wildman–Crippen MR) is 110 cm³/mol. The van der Waals surface area contributed by atoms with Crippen molar-refractivity contribution in [1.82, 2.24) is 4.90 Å². The molecule has 0 aromatic heterocycles. The summed E-state index contributed by atoms with van der Waals surface area (Å²) in [6.07, 6.45) is 6.79. The summed E-state index contributed by atoms with van der Waals surface area (Å²) in [5.74, 6) is 1.79. The second kappa shape index (κ2) is 9.73. The second-order valence-electron chi connectivity index (χ2n) is 9.41. The number of hydrogen-bond donors (Lipinski definition) is 0. The van der Waals surface area contributed by atoms with Crippen molar-refractivity contribution in [2.45, 2.75) is 103 Å². The molecule has 0 amide bonds. The fourth-order valence-electron chi connectivity index (χ4n) is 5.64. The van der Waals surface area contributed by atoms with Gasteiger partial charge < -0.3 is 9.33 Å². The maximum absolute atomic E-state index is 6.75. The third-order valence-corrected chi connectivity index (χ3v) is 12.9. The fourth-order valence-corrected chi connectivity index (χ4v) is 11.1. The summed E-state index contributed by atoms with van der Waals surface area (Å²) in [6.45, 7) is 17.7. The van der Waals surface area contributed by atoms with Crippen LogP contribution in [0.1, 0.15) is 80.6 Å². The maximum atomic E-state index is 6.75. The minimum Gasteiger partial charge on any atom is -0.416 e. The Labute approximate surface area is 153 Å². The third-order valence-electron chi connectivity index (χ3n) is 6.79. The normalized spacial score (nSPS) is 23.9. The van der Waals surface area contributed by atoms with Gasteiger partial charge in [0.1, 0.15) is 0 Å². The van der Waals surface area contributed by atoms with E-state index in [-0.39, 0.29) is 0 Å². The Hall–Kier alpha value is 0.137. The summed E-state index contributed by atoms with van der Waals surface area (Å²) in [5, 5.41) is 0. The Morgan fingerprint density at radius 2 is 1.50 bits per heavy atom. The van der Waals surface area contributed by atoms with Crippen molar-refractivity contribution in [3.05, 3.63) is 0 Å². The highest BCUT2D eigenvalue weighted by Crippen LogP contribution is 2.42. The molecule has 1 saturated carbocycles. The molecule has 0 heterocycles. The molecule has 0 saturated heterocycles. The van der Waals surface area contributed by atoms with Gasteiger partial charge in [-0.1, -0.05) is 61.3 Å². The van der Waals surface area contributed by atoms with Crippen LogP contribution in [0.15, 0.2) is 0 Å². The quantitative estimate of drug-likeness (QED) is 0.335. The zero-order chi connectivity index (χ0) is 18.5. The minimum absolute atomic E-state index is 0.692. The van der Waals surface area contributed by atoms with Gasteiger partial charge in [0, 0.05) is 12.6 Å². The first-order chi connectivity index (χ1) is 11.1. The van der Waals surface area contributed by atoms with Crippen LogP contribution in [0, 0.1) is 11.8 Å². The second-order valence-corrected chi connectivity index (χ2v) is 14.9. The minimum atomic E-state index is -1.69. The molecule has 144 valence electrons. The van der Waals surface area contributed by atoms with E-state index in [0.717, 1.165) is 24.5 Å². The summed E-state index contributed by atoms with van der Waals surface area (Å²) in [6, 6.07) is 0.735. The van der Waals surface area contributed by atoms with Gasteiger partial charge >= 0.3 is 0 Å². The highest BCUT2D eigenvalue weighted by molar-refractivity contribution is 6.77. The van der Waals surface area contributed by atoms with Gasteiger partial charge in [-0.25, -0.2) is 0 Å². The summed E-state index contributed by atoms with van der Waals surface area (Å²) in [7, 11) is 2.85. The molecule has 2 nitrogen and oxygen atoms in total. The van der Waals surface area contributed by atoms with Crippen molar-refractivity contribution >= 4 is 8.32 Å². The van der Waals surface area contributed by atoms with Crippen molar-refractivity contribution in [2.24, 2.45) is 11.8 Å². The highest BCUT2D eigenvalue weighted by atomic mass is 28.4. The first kappa shape index (κ1) is 22.2. The lowest BCUT2D eigenvalue weighted by Crippen LogP contribution is -2.48.